The topological polar surface area (TPSA) is 32.3 Å². The third-order valence-electron chi connectivity index (χ3n) is 3.24. The van der Waals surface area contributed by atoms with E-state index in [1.54, 1.807) is 6.07 Å². The highest BCUT2D eigenvalue weighted by molar-refractivity contribution is 6.22. The van der Waals surface area contributed by atoms with Crippen molar-refractivity contribution in [3.63, 3.8) is 0 Å². The Balaban J connectivity index is 1.98. The molecule has 0 saturated heterocycles. The molecule has 0 aliphatic heterocycles. The molecule has 0 bridgehead atoms. The zero-order valence-corrected chi connectivity index (χ0v) is 11.1. The van der Waals surface area contributed by atoms with Crippen LogP contribution in [-0.2, 0) is 0 Å². The molecule has 1 aliphatic rings. The predicted octanol–water partition coefficient (Wildman–Crippen LogP) is 4.41. The van der Waals surface area contributed by atoms with Gasteiger partial charge in [-0.15, -0.1) is 11.6 Å². The number of alkyl halides is 1. The molecule has 1 unspecified atom stereocenters. The molecule has 3 heteroatoms. The molecule has 1 aliphatic carbocycles. The van der Waals surface area contributed by atoms with Gasteiger partial charge in [-0.2, -0.15) is 0 Å². The zero-order valence-electron chi connectivity index (χ0n) is 10.3. The molecule has 0 saturated carbocycles. The first kappa shape index (κ1) is 12.1. The Morgan fingerprint density at radius 1 is 1.16 bits per heavy atom. The number of anilines is 1. The Morgan fingerprint density at radius 3 is 2.63 bits per heavy atom. The Labute approximate surface area is 117 Å². The lowest BCUT2D eigenvalue weighted by molar-refractivity contribution is 0.478. The van der Waals surface area contributed by atoms with E-state index in [1.807, 2.05) is 48.6 Å². The fourth-order valence-corrected chi connectivity index (χ4v) is 2.44. The molecular weight excluding hydrogens is 258 g/mol. The van der Waals surface area contributed by atoms with Crippen LogP contribution in [0.15, 0.2) is 60.3 Å². The molecule has 0 aromatic heterocycles. The van der Waals surface area contributed by atoms with E-state index >= 15 is 0 Å². The number of allylic oxidation sites excluding steroid dienone is 4. The first-order valence-corrected chi connectivity index (χ1v) is 6.67. The third-order valence-corrected chi connectivity index (χ3v) is 3.65. The van der Waals surface area contributed by atoms with E-state index in [9.17, 15) is 5.11 Å². The molecule has 1 atom stereocenters. The van der Waals surface area contributed by atoms with E-state index in [4.69, 9.17) is 11.6 Å². The third kappa shape index (κ3) is 2.45. The van der Waals surface area contributed by atoms with Gasteiger partial charge in [0.2, 0.25) is 0 Å². The van der Waals surface area contributed by atoms with Crippen LogP contribution in [0.2, 0.25) is 0 Å². The van der Waals surface area contributed by atoms with Gasteiger partial charge < -0.3 is 10.4 Å². The monoisotopic (exact) mass is 271 g/mol. The number of phenols is 1. The van der Waals surface area contributed by atoms with Crippen molar-refractivity contribution >= 4 is 28.1 Å². The first-order valence-electron chi connectivity index (χ1n) is 6.23. The molecule has 0 fully saturated rings. The second-order valence-electron chi connectivity index (χ2n) is 4.59. The van der Waals surface area contributed by atoms with Crippen molar-refractivity contribution in [2.45, 2.75) is 11.8 Å². The van der Waals surface area contributed by atoms with Crippen LogP contribution in [0.3, 0.4) is 0 Å². The number of fused-ring (bicyclic) bond motifs is 1. The van der Waals surface area contributed by atoms with Crippen LogP contribution in [0.4, 0.5) is 5.69 Å². The maximum atomic E-state index is 10.1. The maximum Gasteiger partial charge on any atom is 0.139 e. The van der Waals surface area contributed by atoms with Crippen molar-refractivity contribution in [2.24, 2.45) is 0 Å². The van der Waals surface area contributed by atoms with Crippen LogP contribution >= 0.6 is 11.6 Å². The van der Waals surface area contributed by atoms with E-state index in [2.05, 4.69) is 5.32 Å². The average Bonchev–Trinajstić information content (AvgIpc) is 2.42. The maximum absolute atomic E-state index is 10.1. The summed E-state index contributed by atoms with van der Waals surface area (Å²) in [7, 11) is 0. The fourth-order valence-electron chi connectivity index (χ4n) is 2.21. The molecule has 2 aromatic rings. The van der Waals surface area contributed by atoms with E-state index in [0.717, 1.165) is 22.9 Å². The predicted molar refractivity (Wildman–Crippen MR) is 80.7 cm³/mol. The molecule has 3 rings (SSSR count). The lowest BCUT2D eigenvalue weighted by atomic mass is 10.1. The SMILES string of the molecule is Oc1cc2ccccc2cc1NC1=CC=CCC1Cl. The summed E-state index contributed by atoms with van der Waals surface area (Å²) in [6.45, 7) is 0. The van der Waals surface area contributed by atoms with Gasteiger partial charge in [-0.1, -0.05) is 36.4 Å². The first-order chi connectivity index (χ1) is 9.24. The van der Waals surface area contributed by atoms with Gasteiger partial charge in [-0.25, -0.2) is 0 Å². The summed E-state index contributed by atoms with van der Waals surface area (Å²) in [4.78, 5) is 0. The molecule has 2 N–H and O–H groups in total. The van der Waals surface area contributed by atoms with Crippen LogP contribution < -0.4 is 5.32 Å². The number of nitrogens with one attached hydrogen (secondary N) is 1. The molecule has 0 amide bonds. The molecule has 2 nitrogen and oxygen atoms in total. The molecule has 0 heterocycles. The zero-order chi connectivity index (χ0) is 13.2. The van der Waals surface area contributed by atoms with E-state index in [-0.39, 0.29) is 11.1 Å². The van der Waals surface area contributed by atoms with Gasteiger partial charge >= 0.3 is 0 Å². The van der Waals surface area contributed by atoms with Crippen LogP contribution in [0.25, 0.3) is 10.8 Å². The number of halogens is 1. The van der Waals surface area contributed by atoms with Gasteiger partial charge in [-0.05, 0) is 35.4 Å². The van der Waals surface area contributed by atoms with Crippen LogP contribution in [0, 0.1) is 0 Å². The summed E-state index contributed by atoms with van der Waals surface area (Å²) >= 11 is 6.24. The lowest BCUT2D eigenvalue weighted by Gasteiger charge is -2.18. The Kier molecular flexibility index (Phi) is 3.18. The minimum Gasteiger partial charge on any atom is -0.506 e. The highest BCUT2D eigenvalue weighted by Gasteiger charge is 2.14. The van der Waals surface area contributed by atoms with Crippen molar-refractivity contribution in [1.82, 2.24) is 0 Å². The quantitative estimate of drug-likeness (QED) is 0.626. The molecule has 19 heavy (non-hydrogen) atoms. The average molecular weight is 272 g/mol. The second-order valence-corrected chi connectivity index (χ2v) is 5.12. The Morgan fingerprint density at radius 2 is 1.89 bits per heavy atom. The minimum absolute atomic E-state index is 0.0733. The Bertz CT molecular complexity index is 676. The molecule has 96 valence electrons. The normalized spacial score (nSPS) is 18.4. The highest BCUT2D eigenvalue weighted by Crippen LogP contribution is 2.32. The Hall–Kier alpha value is -1.93. The van der Waals surface area contributed by atoms with Gasteiger partial charge in [0.1, 0.15) is 5.75 Å². The summed E-state index contributed by atoms with van der Waals surface area (Å²) < 4.78 is 0. The van der Waals surface area contributed by atoms with Gasteiger partial charge in [0.15, 0.2) is 0 Å². The van der Waals surface area contributed by atoms with Crippen LogP contribution in [0.5, 0.6) is 5.75 Å². The van der Waals surface area contributed by atoms with Crippen LogP contribution in [0.1, 0.15) is 6.42 Å². The van der Waals surface area contributed by atoms with Crippen molar-refractivity contribution in [1.29, 1.82) is 0 Å². The second kappa shape index (κ2) is 4.98. The standard InChI is InChI=1S/C16H14ClNO/c17-13-7-3-4-8-14(13)18-15-9-11-5-1-2-6-12(11)10-16(15)19/h1-6,8-10,13,18-19H,7H2. The number of hydrogen-bond donors (Lipinski definition) is 2. The summed E-state index contributed by atoms with van der Waals surface area (Å²) in [6.07, 6.45) is 6.74. The van der Waals surface area contributed by atoms with Crippen molar-refractivity contribution in [2.75, 3.05) is 5.32 Å². The van der Waals surface area contributed by atoms with Gasteiger partial charge in [-0.3, -0.25) is 0 Å². The number of hydrogen-bond acceptors (Lipinski definition) is 2. The van der Waals surface area contributed by atoms with Crippen molar-refractivity contribution in [3.8, 4) is 5.75 Å². The van der Waals surface area contributed by atoms with Crippen LogP contribution in [-0.4, -0.2) is 10.5 Å². The number of benzene rings is 2. The fraction of sp³-hybridized carbons (Fsp3) is 0.125. The number of phenolic OH excluding ortho intramolecular Hbond substituents is 1. The summed E-state index contributed by atoms with van der Waals surface area (Å²) in [5.74, 6) is 0.234. The van der Waals surface area contributed by atoms with E-state index in [0.29, 0.717) is 5.69 Å². The summed E-state index contributed by atoms with van der Waals surface area (Å²) in [5, 5.41) is 15.3. The van der Waals surface area contributed by atoms with Gasteiger partial charge in [0.25, 0.3) is 0 Å². The molecule has 0 radical (unpaired) electrons. The van der Waals surface area contributed by atoms with Crippen molar-refractivity contribution < 1.29 is 5.11 Å². The van der Waals surface area contributed by atoms with E-state index < -0.39 is 0 Å². The highest BCUT2D eigenvalue weighted by atomic mass is 35.5. The largest absolute Gasteiger partial charge is 0.506 e. The minimum atomic E-state index is -0.0733. The number of aromatic hydroxyl groups is 1. The molecule has 0 spiro atoms. The van der Waals surface area contributed by atoms with Gasteiger partial charge in [0.05, 0.1) is 11.1 Å². The lowest BCUT2D eigenvalue weighted by Crippen LogP contribution is -2.13. The summed E-state index contributed by atoms with van der Waals surface area (Å²) in [5.41, 5.74) is 1.60. The summed E-state index contributed by atoms with van der Waals surface area (Å²) in [6, 6.07) is 11.6. The van der Waals surface area contributed by atoms with Gasteiger partial charge in [0, 0.05) is 5.70 Å². The number of rotatable bonds is 2. The smallest absolute Gasteiger partial charge is 0.139 e. The molecular formula is C16H14ClNO. The molecule has 2 aromatic carbocycles. The van der Waals surface area contributed by atoms with E-state index in [1.165, 1.54) is 0 Å². The van der Waals surface area contributed by atoms with Crippen molar-refractivity contribution in [3.05, 3.63) is 60.3 Å².